The van der Waals surface area contributed by atoms with Gasteiger partial charge in [0.05, 0.1) is 13.2 Å². The van der Waals surface area contributed by atoms with Gasteiger partial charge in [-0.1, -0.05) is 5.16 Å². The van der Waals surface area contributed by atoms with Crippen molar-refractivity contribution in [1.82, 2.24) is 20.4 Å². The molecule has 3 aromatic rings. The highest BCUT2D eigenvalue weighted by Gasteiger charge is 2.11. The number of carbonyl (C=O) groups excluding carboxylic acids is 1. The molecule has 7 heteroatoms. The first-order valence-corrected chi connectivity index (χ1v) is 7.50. The van der Waals surface area contributed by atoms with Crippen molar-refractivity contribution in [3.8, 4) is 17.1 Å². The Morgan fingerprint density at radius 3 is 2.62 bits per heavy atom. The summed E-state index contributed by atoms with van der Waals surface area (Å²) < 4.78 is 10.5. The van der Waals surface area contributed by atoms with E-state index in [1.165, 1.54) is 0 Å². The average Bonchev–Trinajstić information content (AvgIpc) is 3.10. The number of benzene rings is 1. The van der Waals surface area contributed by atoms with E-state index < -0.39 is 0 Å². The molecule has 0 bridgehead atoms. The van der Waals surface area contributed by atoms with Crippen molar-refractivity contribution in [3.63, 3.8) is 0 Å². The van der Waals surface area contributed by atoms with Crippen LogP contribution in [-0.2, 0) is 6.54 Å². The Hall–Kier alpha value is -3.22. The second kappa shape index (κ2) is 7.36. The predicted octanol–water partition coefficient (Wildman–Crippen LogP) is 2.46. The Morgan fingerprint density at radius 1 is 1.17 bits per heavy atom. The van der Waals surface area contributed by atoms with Crippen LogP contribution < -0.4 is 10.1 Å². The van der Waals surface area contributed by atoms with Crippen LogP contribution in [0, 0.1) is 0 Å². The van der Waals surface area contributed by atoms with Gasteiger partial charge < -0.3 is 14.6 Å². The molecule has 2 aromatic heterocycles. The van der Waals surface area contributed by atoms with Crippen LogP contribution in [-0.4, -0.2) is 27.6 Å². The maximum absolute atomic E-state index is 12.1. The minimum Gasteiger partial charge on any atom is -0.494 e. The molecule has 7 nitrogen and oxygen atoms in total. The molecule has 3 rings (SSSR count). The summed E-state index contributed by atoms with van der Waals surface area (Å²) in [6.07, 6.45) is 3.30. The summed E-state index contributed by atoms with van der Waals surface area (Å²) in [6.45, 7) is 2.65. The number of ether oxygens (including phenoxy) is 1. The normalized spacial score (nSPS) is 10.4. The van der Waals surface area contributed by atoms with Gasteiger partial charge in [-0.25, -0.2) is 0 Å². The first-order chi connectivity index (χ1) is 11.8. The Kier molecular flexibility index (Phi) is 4.81. The molecule has 0 spiro atoms. The number of aromatic nitrogens is 3. The van der Waals surface area contributed by atoms with Crippen LogP contribution in [0.15, 0.2) is 53.3 Å². The SMILES string of the molecule is CCOc1ccc(C(=O)NCc2nc(-c3ccncc3)no2)cc1. The van der Waals surface area contributed by atoms with Gasteiger partial charge in [0.1, 0.15) is 5.75 Å². The van der Waals surface area contributed by atoms with E-state index in [2.05, 4.69) is 20.4 Å². The fourth-order valence-corrected chi connectivity index (χ4v) is 2.07. The van der Waals surface area contributed by atoms with E-state index >= 15 is 0 Å². The first kappa shape index (κ1) is 15.7. The van der Waals surface area contributed by atoms with Crippen molar-refractivity contribution in [2.24, 2.45) is 0 Å². The van der Waals surface area contributed by atoms with E-state index in [1.54, 1.807) is 48.8 Å². The van der Waals surface area contributed by atoms with E-state index in [9.17, 15) is 4.79 Å². The van der Waals surface area contributed by atoms with Crippen molar-refractivity contribution in [1.29, 1.82) is 0 Å². The number of nitrogens with zero attached hydrogens (tertiary/aromatic N) is 3. The maximum atomic E-state index is 12.1. The van der Waals surface area contributed by atoms with Gasteiger partial charge in [-0.2, -0.15) is 4.98 Å². The van der Waals surface area contributed by atoms with E-state index in [0.717, 1.165) is 11.3 Å². The summed E-state index contributed by atoms with van der Waals surface area (Å²) in [5, 5.41) is 6.63. The van der Waals surface area contributed by atoms with Crippen LogP contribution in [0.25, 0.3) is 11.4 Å². The highest BCUT2D eigenvalue weighted by molar-refractivity contribution is 5.94. The molecule has 0 unspecified atom stereocenters. The minimum absolute atomic E-state index is 0.157. The molecule has 0 aliphatic rings. The van der Waals surface area contributed by atoms with Crippen molar-refractivity contribution in [2.75, 3.05) is 6.61 Å². The third kappa shape index (κ3) is 3.75. The summed E-state index contributed by atoms with van der Waals surface area (Å²) in [7, 11) is 0. The molecular weight excluding hydrogens is 308 g/mol. The van der Waals surface area contributed by atoms with Gasteiger partial charge in [-0.05, 0) is 43.3 Å². The molecule has 0 saturated heterocycles. The van der Waals surface area contributed by atoms with Gasteiger partial charge in [0.15, 0.2) is 0 Å². The molecule has 1 aromatic carbocycles. The Labute approximate surface area is 138 Å². The molecule has 0 radical (unpaired) electrons. The Bertz CT molecular complexity index is 800. The van der Waals surface area contributed by atoms with Gasteiger partial charge >= 0.3 is 0 Å². The highest BCUT2D eigenvalue weighted by atomic mass is 16.5. The summed E-state index contributed by atoms with van der Waals surface area (Å²) in [4.78, 5) is 20.3. The maximum Gasteiger partial charge on any atom is 0.251 e. The topological polar surface area (TPSA) is 90.1 Å². The van der Waals surface area contributed by atoms with Gasteiger partial charge in [0.2, 0.25) is 11.7 Å². The number of carbonyl (C=O) groups is 1. The zero-order valence-electron chi connectivity index (χ0n) is 13.1. The highest BCUT2D eigenvalue weighted by Crippen LogP contribution is 2.14. The minimum atomic E-state index is -0.221. The van der Waals surface area contributed by atoms with Gasteiger partial charge in [-0.15, -0.1) is 0 Å². The number of rotatable bonds is 6. The van der Waals surface area contributed by atoms with Crippen LogP contribution in [0.2, 0.25) is 0 Å². The van der Waals surface area contributed by atoms with Crippen molar-refractivity contribution < 1.29 is 14.1 Å². The number of amides is 1. The van der Waals surface area contributed by atoms with Gasteiger partial charge in [-0.3, -0.25) is 9.78 Å². The number of nitrogens with one attached hydrogen (secondary N) is 1. The second-order valence-corrected chi connectivity index (χ2v) is 4.89. The third-order valence-corrected chi connectivity index (χ3v) is 3.23. The molecular formula is C17H16N4O3. The fraction of sp³-hybridized carbons (Fsp3) is 0.176. The Balaban J connectivity index is 1.59. The summed E-state index contributed by atoms with van der Waals surface area (Å²) in [5.74, 6) is 1.30. The van der Waals surface area contributed by atoms with Crippen molar-refractivity contribution in [3.05, 3.63) is 60.2 Å². The molecule has 122 valence electrons. The number of hydrogen-bond donors (Lipinski definition) is 1. The summed E-state index contributed by atoms with van der Waals surface area (Å²) in [6, 6.07) is 10.5. The van der Waals surface area contributed by atoms with Crippen LogP contribution >= 0.6 is 0 Å². The largest absolute Gasteiger partial charge is 0.494 e. The third-order valence-electron chi connectivity index (χ3n) is 3.23. The van der Waals surface area contributed by atoms with Crippen molar-refractivity contribution in [2.45, 2.75) is 13.5 Å². The van der Waals surface area contributed by atoms with Crippen LogP contribution in [0.1, 0.15) is 23.2 Å². The van der Waals surface area contributed by atoms with Gasteiger partial charge in [0.25, 0.3) is 5.91 Å². The summed E-state index contributed by atoms with van der Waals surface area (Å²) >= 11 is 0. The van der Waals surface area contributed by atoms with E-state index in [0.29, 0.717) is 23.9 Å². The molecule has 0 aliphatic carbocycles. The zero-order chi connectivity index (χ0) is 16.8. The van der Waals surface area contributed by atoms with Crippen LogP contribution in [0.5, 0.6) is 5.75 Å². The monoisotopic (exact) mass is 324 g/mol. The quantitative estimate of drug-likeness (QED) is 0.749. The first-order valence-electron chi connectivity index (χ1n) is 7.50. The number of hydrogen-bond acceptors (Lipinski definition) is 6. The smallest absolute Gasteiger partial charge is 0.251 e. The number of pyridine rings is 1. The molecule has 0 saturated carbocycles. The molecule has 0 fully saturated rings. The molecule has 24 heavy (non-hydrogen) atoms. The van der Waals surface area contributed by atoms with E-state index in [1.807, 2.05) is 6.92 Å². The average molecular weight is 324 g/mol. The van der Waals surface area contributed by atoms with E-state index in [-0.39, 0.29) is 12.5 Å². The second-order valence-electron chi connectivity index (χ2n) is 4.89. The predicted molar refractivity (Wildman–Crippen MR) is 86.3 cm³/mol. The van der Waals surface area contributed by atoms with E-state index in [4.69, 9.17) is 9.26 Å². The lowest BCUT2D eigenvalue weighted by Crippen LogP contribution is -2.22. The molecule has 1 N–H and O–H groups in total. The lowest BCUT2D eigenvalue weighted by Gasteiger charge is -2.05. The van der Waals surface area contributed by atoms with Gasteiger partial charge in [0, 0.05) is 23.5 Å². The summed E-state index contributed by atoms with van der Waals surface area (Å²) in [5.41, 5.74) is 1.34. The molecule has 0 atom stereocenters. The lowest BCUT2D eigenvalue weighted by molar-refractivity contribution is 0.0946. The fourth-order valence-electron chi connectivity index (χ4n) is 2.07. The molecule has 1 amide bonds. The van der Waals surface area contributed by atoms with Crippen LogP contribution in [0.3, 0.4) is 0 Å². The Morgan fingerprint density at radius 2 is 1.92 bits per heavy atom. The zero-order valence-corrected chi connectivity index (χ0v) is 13.1. The van der Waals surface area contributed by atoms with Crippen molar-refractivity contribution >= 4 is 5.91 Å². The molecule has 0 aliphatic heterocycles. The lowest BCUT2D eigenvalue weighted by atomic mass is 10.2. The van der Waals surface area contributed by atoms with Crippen LogP contribution in [0.4, 0.5) is 0 Å². The standard InChI is InChI=1S/C17H16N4O3/c1-2-23-14-5-3-13(4-6-14)17(22)19-11-15-20-16(21-24-15)12-7-9-18-10-8-12/h3-10H,2,11H2,1H3,(H,19,22). The molecule has 2 heterocycles.